The number of carbonyl (C=O) groups excluding carboxylic acids is 5. The molecule has 1 atom stereocenters. The number of benzene rings is 3. The van der Waals surface area contributed by atoms with Crippen LogP contribution in [0.5, 0.6) is 0 Å². The quantitative estimate of drug-likeness (QED) is 0.0486. The van der Waals surface area contributed by atoms with E-state index in [0.717, 1.165) is 33.2 Å². The number of hydrogen-bond acceptors (Lipinski definition) is 7. The van der Waals surface area contributed by atoms with Gasteiger partial charge in [-0.25, -0.2) is 8.78 Å². The molecule has 4 amide bonds. The highest BCUT2D eigenvalue weighted by Gasteiger charge is 2.40. The third-order valence-corrected chi connectivity index (χ3v) is 11.7. The van der Waals surface area contributed by atoms with Crippen LogP contribution < -0.4 is 16.4 Å². The molecule has 1 aliphatic carbocycles. The number of anilines is 1. The van der Waals surface area contributed by atoms with Crippen LogP contribution in [0.25, 0.3) is 22.0 Å². The molecule has 3 aromatic carbocycles. The lowest BCUT2D eigenvalue weighted by molar-refractivity contribution is -0.137. The average molecular weight is 836 g/mol. The number of rotatable bonds is 15. The summed E-state index contributed by atoms with van der Waals surface area (Å²) in [6.45, 7) is 0.743. The number of halogens is 2. The van der Waals surface area contributed by atoms with Gasteiger partial charge in [0.05, 0.1) is 5.52 Å². The van der Waals surface area contributed by atoms with Gasteiger partial charge in [-0.05, 0) is 80.0 Å². The largest absolute Gasteiger partial charge is 0.389 e. The molecule has 1 saturated heterocycles. The van der Waals surface area contributed by atoms with Crippen molar-refractivity contribution >= 4 is 63.2 Å². The number of fused-ring (bicyclic) bond motifs is 2. The molecule has 7 rings (SSSR count). The number of Topliss-reactive ketones (excluding diaryl/α,β-unsaturated/α-hetero) is 1. The first-order chi connectivity index (χ1) is 28.9. The van der Waals surface area contributed by atoms with Crippen molar-refractivity contribution in [2.75, 3.05) is 18.5 Å². The third kappa shape index (κ3) is 9.97. The van der Waals surface area contributed by atoms with Crippen molar-refractivity contribution in [3.8, 4) is 23.0 Å². The number of unbranched alkanes of at least 4 members (excludes halogenated alkanes) is 1. The molecule has 0 spiro atoms. The van der Waals surface area contributed by atoms with Gasteiger partial charge in [-0.1, -0.05) is 54.4 Å². The topological polar surface area (TPSA) is 153 Å². The van der Waals surface area contributed by atoms with Crippen LogP contribution >= 0.6 is 12.2 Å². The zero-order valence-corrected chi connectivity index (χ0v) is 34.0. The van der Waals surface area contributed by atoms with E-state index in [4.69, 9.17) is 22.7 Å². The number of carbonyl (C=O) groups is 5. The number of aromatic nitrogens is 1. The highest BCUT2D eigenvalue weighted by Crippen LogP contribution is 2.42. The minimum atomic E-state index is -2.66. The summed E-state index contributed by atoms with van der Waals surface area (Å²) in [7, 11) is 0. The van der Waals surface area contributed by atoms with Crippen molar-refractivity contribution in [1.82, 2.24) is 14.8 Å². The van der Waals surface area contributed by atoms with Crippen molar-refractivity contribution in [2.24, 2.45) is 5.73 Å². The van der Waals surface area contributed by atoms with Crippen LogP contribution in [0.15, 0.2) is 66.9 Å². The Hall–Kier alpha value is -5.78. The molecule has 0 radical (unpaired) electrons. The summed E-state index contributed by atoms with van der Waals surface area (Å²) in [4.78, 5) is 64.2. The standard InChI is InChI=1S/C46H47F2N5O6S/c47-46(48)21-19-33(20-22-46)52-27-38(30-8-3-9-31(25-30)43(49)60)35-16-15-32(26-40(35)52)50-41(55)14-2-1-11-34(54)12-6-24-59-23-5-10-29-7-4-13-36-37(29)28-53(45(36)58)39-17-18-42(56)51-44(39)57/h3-4,7-9,13,15-16,25-27,33,39H,1-2,6,11-12,14,17-24,28H2,(H2,49,60)(H,50,55)(H,51,56,57). The number of amides is 4. The van der Waals surface area contributed by atoms with E-state index >= 15 is 0 Å². The van der Waals surface area contributed by atoms with Crippen molar-refractivity contribution in [3.05, 3.63) is 89.1 Å². The van der Waals surface area contributed by atoms with Crippen molar-refractivity contribution in [2.45, 2.75) is 102 Å². The smallest absolute Gasteiger partial charge is 0.255 e. The molecule has 14 heteroatoms. The van der Waals surface area contributed by atoms with Crippen molar-refractivity contribution in [1.29, 1.82) is 0 Å². The van der Waals surface area contributed by atoms with E-state index in [2.05, 4.69) is 27.0 Å². The van der Waals surface area contributed by atoms with E-state index in [1.807, 2.05) is 54.7 Å². The summed E-state index contributed by atoms with van der Waals surface area (Å²) >= 11 is 5.20. The van der Waals surface area contributed by atoms with Gasteiger partial charge in [0.25, 0.3) is 5.91 Å². The molecule has 3 aliphatic rings. The average Bonchev–Trinajstić information content (AvgIpc) is 3.77. The maximum absolute atomic E-state index is 14.1. The van der Waals surface area contributed by atoms with Crippen LogP contribution in [0.4, 0.5) is 14.5 Å². The van der Waals surface area contributed by atoms with E-state index in [1.165, 1.54) is 4.90 Å². The Bertz CT molecular complexity index is 2410. The molecule has 2 aliphatic heterocycles. The molecular formula is C46H47F2N5O6S. The Morgan fingerprint density at radius 1 is 0.950 bits per heavy atom. The Balaban J connectivity index is 0.841. The number of imide groups is 1. The maximum Gasteiger partial charge on any atom is 0.255 e. The summed E-state index contributed by atoms with van der Waals surface area (Å²) in [5.41, 5.74) is 11.8. The third-order valence-electron chi connectivity index (χ3n) is 11.5. The summed E-state index contributed by atoms with van der Waals surface area (Å²) < 4.78 is 35.9. The minimum absolute atomic E-state index is 0.0940. The number of nitrogens with one attached hydrogen (secondary N) is 2. The number of thiocarbonyl (C=S) groups is 1. The van der Waals surface area contributed by atoms with Crippen LogP contribution in [0, 0.1) is 11.8 Å². The normalized spacial score (nSPS) is 17.5. The molecule has 1 aromatic heterocycles. The Kier molecular flexibility index (Phi) is 13.2. The predicted molar refractivity (Wildman–Crippen MR) is 227 cm³/mol. The van der Waals surface area contributed by atoms with E-state index in [9.17, 15) is 32.8 Å². The van der Waals surface area contributed by atoms with Crippen molar-refractivity contribution in [3.63, 3.8) is 0 Å². The fourth-order valence-corrected chi connectivity index (χ4v) is 8.42. The second kappa shape index (κ2) is 18.6. The lowest BCUT2D eigenvalue weighted by atomic mass is 9.92. The van der Waals surface area contributed by atoms with Gasteiger partial charge in [0, 0.05) is 97.2 Å². The molecular weight excluding hydrogens is 789 g/mol. The fourth-order valence-electron chi connectivity index (χ4n) is 8.29. The van der Waals surface area contributed by atoms with Gasteiger partial charge in [-0.3, -0.25) is 29.3 Å². The molecule has 312 valence electrons. The van der Waals surface area contributed by atoms with Crippen LogP contribution in [-0.2, 0) is 30.5 Å². The van der Waals surface area contributed by atoms with Gasteiger partial charge in [0.15, 0.2) is 0 Å². The highest BCUT2D eigenvalue weighted by atomic mass is 32.1. The number of piperidine rings is 1. The molecule has 3 heterocycles. The summed E-state index contributed by atoms with van der Waals surface area (Å²) in [6, 6.07) is 17.8. The number of alkyl halides is 2. The first kappa shape index (κ1) is 42.3. The van der Waals surface area contributed by atoms with Gasteiger partial charge in [0.1, 0.15) is 23.4 Å². The van der Waals surface area contributed by atoms with E-state index < -0.39 is 17.9 Å². The van der Waals surface area contributed by atoms with Crippen molar-refractivity contribution < 1.29 is 37.5 Å². The zero-order chi connectivity index (χ0) is 42.4. The second-order valence-corrected chi connectivity index (χ2v) is 16.1. The summed E-state index contributed by atoms with van der Waals surface area (Å²) in [6.07, 6.45) is 5.44. The van der Waals surface area contributed by atoms with Crippen LogP contribution in [-0.4, -0.2) is 69.0 Å². The monoisotopic (exact) mass is 835 g/mol. The van der Waals surface area contributed by atoms with Gasteiger partial charge in [-0.15, -0.1) is 0 Å². The SMILES string of the molecule is NC(=S)c1cccc(-c2cn(C3CCC(F)(F)CC3)c3cc(NC(=O)CCCCC(=O)CCCOCC#Cc4cccc5c4CN(C4CCC(=O)NC4=O)C5=O)ccc23)c1. The first-order valence-electron chi connectivity index (χ1n) is 20.4. The summed E-state index contributed by atoms with van der Waals surface area (Å²) in [5.74, 6) is 2.25. The first-order valence-corrected chi connectivity index (χ1v) is 20.8. The van der Waals surface area contributed by atoms with Gasteiger partial charge in [-0.2, -0.15) is 0 Å². The Morgan fingerprint density at radius 2 is 1.72 bits per heavy atom. The molecule has 60 heavy (non-hydrogen) atoms. The number of ketones is 1. The number of hydrogen-bond donors (Lipinski definition) is 3. The Labute approximate surface area is 352 Å². The molecule has 2 fully saturated rings. The molecule has 0 bridgehead atoms. The molecule has 11 nitrogen and oxygen atoms in total. The lowest BCUT2D eigenvalue weighted by Crippen LogP contribution is -2.52. The van der Waals surface area contributed by atoms with Crippen LogP contribution in [0.1, 0.15) is 110 Å². The number of nitrogens with two attached hydrogens (primary N) is 1. The predicted octanol–water partition coefficient (Wildman–Crippen LogP) is 7.37. The molecule has 4 aromatic rings. The van der Waals surface area contributed by atoms with E-state index in [0.29, 0.717) is 68.4 Å². The number of ether oxygens (including phenoxy) is 1. The maximum atomic E-state index is 14.1. The molecule has 1 saturated carbocycles. The molecule has 1 unspecified atom stereocenters. The zero-order valence-electron chi connectivity index (χ0n) is 33.2. The lowest BCUT2D eigenvalue weighted by Gasteiger charge is -2.29. The Morgan fingerprint density at radius 3 is 2.50 bits per heavy atom. The van der Waals surface area contributed by atoms with E-state index in [1.54, 1.807) is 12.1 Å². The van der Waals surface area contributed by atoms with Gasteiger partial charge < -0.3 is 25.3 Å². The fraction of sp³-hybridized carbons (Fsp3) is 0.391. The van der Waals surface area contributed by atoms with Gasteiger partial charge in [0.2, 0.25) is 23.6 Å². The minimum Gasteiger partial charge on any atom is -0.389 e. The van der Waals surface area contributed by atoms with Crippen LogP contribution in [0.3, 0.4) is 0 Å². The van der Waals surface area contributed by atoms with Gasteiger partial charge >= 0.3 is 0 Å². The summed E-state index contributed by atoms with van der Waals surface area (Å²) in [5, 5.41) is 6.22. The van der Waals surface area contributed by atoms with E-state index in [-0.39, 0.29) is 79.8 Å². The number of nitrogens with zero attached hydrogens (tertiary/aromatic N) is 2. The molecule has 4 N–H and O–H groups in total. The second-order valence-electron chi connectivity index (χ2n) is 15.7. The highest BCUT2D eigenvalue weighted by molar-refractivity contribution is 7.80. The van der Waals surface area contributed by atoms with Crippen LogP contribution in [0.2, 0.25) is 0 Å².